The first-order valence-corrected chi connectivity index (χ1v) is 6.63. The predicted octanol–water partition coefficient (Wildman–Crippen LogP) is 3.52. The van der Waals surface area contributed by atoms with Crippen molar-refractivity contribution in [2.45, 2.75) is 20.4 Å². The number of aryl methyl sites for hydroxylation is 2. The van der Waals surface area contributed by atoms with Gasteiger partial charge >= 0.3 is 0 Å². The molecule has 3 rings (SSSR count). The molecule has 0 aliphatic heterocycles. The summed E-state index contributed by atoms with van der Waals surface area (Å²) >= 11 is 0. The number of hydrogen-bond donors (Lipinski definition) is 0. The summed E-state index contributed by atoms with van der Waals surface area (Å²) < 4.78 is 2.29. The summed E-state index contributed by atoms with van der Waals surface area (Å²) in [5, 5.41) is 1.27. The molecule has 1 aromatic carbocycles. The van der Waals surface area contributed by atoms with Crippen LogP contribution in [0.5, 0.6) is 0 Å². The lowest BCUT2D eigenvalue weighted by Crippen LogP contribution is -2.32. The van der Waals surface area contributed by atoms with Crippen molar-refractivity contribution in [3.63, 3.8) is 0 Å². The summed E-state index contributed by atoms with van der Waals surface area (Å²) in [6, 6.07) is 14.9. The minimum Gasteiger partial charge on any atom is -0.262 e. The molecule has 2 nitrogen and oxygen atoms in total. The molecule has 0 saturated carbocycles. The summed E-state index contributed by atoms with van der Waals surface area (Å²) in [6.07, 6.45) is 4.09. The zero-order valence-corrected chi connectivity index (χ0v) is 11.3. The van der Waals surface area contributed by atoms with Gasteiger partial charge in [0.05, 0.1) is 0 Å². The zero-order valence-electron chi connectivity index (χ0n) is 11.3. The molecule has 0 atom stereocenters. The number of para-hydroxylation sites is 1. The van der Waals surface area contributed by atoms with Crippen LogP contribution in [0.3, 0.4) is 0 Å². The van der Waals surface area contributed by atoms with E-state index in [4.69, 9.17) is 0 Å². The SMILES string of the molecule is CC[n+]1cc(-c2ccnc(C)c2)cc2ccccc21. The molecule has 0 radical (unpaired) electrons. The van der Waals surface area contributed by atoms with Gasteiger partial charge in [-0.25, -0.2) is 0 Å². The Morgan fingerprint density at radius 2 is 1.89 bits per heavy atom. The Kier molecular flexibility index (Phi) is 3.00. The third-order valence-corrected chi connectivity index (χ3v) is 3.42. The molecule has 0 amide bonds. The van der Waals surface area contributed by atoms with Crippen molar-refractivity contribution < 1.29 is 4.57 Å². The Bertz CT molecular complexity index is 732. The van der Waals surface area contributed by atoms with Crippen LogP contribution in [-0.4, -0.2) is 4.98 Å². The molecule has 0 aliphatic rings. The standard InChI is InChI=1S/C17H17N2/c1-3-19-12-16(14-8-9-18-13(2)10-14)11-15-6-4-5-7-17(15)19/h4-12H,3H2,1-2H3/q+1. The van der Waals surface area contributed by atoms with Gasteiger partial charge in [0.1, 0.15) is 6.54 Å². The minimum atomic E-state index is 0.971. The largest absolute Gasteiger partial charge is 0.262 e. The first-order valence-electron chi connectivity index (χ1n) is 6.63. The Morgan fingerprint density at radius 1 is 1.05 bits per heavy atom. The number of benzene rings is 1. The van der Waals surface area contributed by atoms with E-state index in [0.717, 1.165) is 12.2 Å². The quantitative estimate of drug-likeness (QED) is 0.635. The number of hydrogen-bond acceptors (Lipinski definition) is 1. The third-order valence-electron chi connectivity index (χ3n) is 3.42. The lowest BCUT2D eigenvalue weighted by atomic mass is 10.1. The van der Waals surface area contributed by atoms with Gasteiger partial charge in [-0.1, -0.05) is 12.1 Å². The summed E-state index contributed by atoms with van der Waals surface area (Å²) in [5.74, 6) is 0. The van der Waals surface area contributed by atoms with Crippen molar-refractivity contribution in [2.24, 2.45) is 0 Å². The molecular formula is C17H17N2+. The molecule has 3 aromatic rings. The van der Waals surface area contributed by atoms with Crippen LogP contribution in [0.2, 0.25) is 0 Å². The van der Waals surface area contributed by atoms with Crippen molar-refractivity contribution in [1.82, 2.24) is 4.98 Å². The topological polar surface area (TPSA) is 16.8 Å². The highest BCUT2D eigenvalue weighted by atomic mass is 14.9. The average Bonchev–Trinajstić information content (AvgIpc) is 2.46. The van der Waals surface area contributed by atoms with Crippen LogP contribution >= 0.6 is 0 Å². The van der Waals surface area contributed by atoms with E-state index in [0.29, 0.717) is 0 Å². The van der Waals surface area contributed by atoms with Gasteiger partial charge in [0.25, 0.3) is 0 Å². The monoisotopic (exact) mass is 249 g/mol. The van der Waals surface area contributed by atoms with Crippen molar-refractivity contribution in [3.05, 3.63) is 60.6 Å². The number of rotatable bonds is 2. The van der Waals surface area contributed by atoms with E-state index < -0.39 is 0 Å². The zero-order chi connectivity index (χ0) is 13.2. The van der Waals surface area contributed by atoms with Gasteiger partial charge in [-0.15, -0.1) is 0 Å². The van der Waals surface area contributed by atoms with E-state index in [1.165, 1.54) is 22.0 Å². The van der Waals surface area contributed by atoms with E-state index in [2.05, 4.69) is 65.1 Å². The van der Waals surface area contributed by atoms with Gasteiger partial charge < -0.3 is 0 Å². The second kappa shape index (κ2) is 4.81. The van der Waals surface area contributed by atoms with Crippen molar-refractivity contribution in [2.75, 3.05) is 0 Å². The van der Waals surface area contributed by atoms with Gasteiger partial charge in [0, 0.05) is 28.9 Å². The van der Waals surface area contributed by atoms with Crippen LogP contribution in [0.15, 0.2) is 54.9 Å². The predicted molar refractivity (Wildman–Crippen MR) is 77.8 cm³/mol. The fraction of sp³-hybridized carbons (Fsp3) is 0.176. The number of pyridine rings is 2. The number of aromatic nitrogens is 2. The van der Waals surface area contributed by atoms with E-state index in [1.54, 1.807) is 0 Å². The molecule has 19 heavy (non-hydrogen) atoms. The summed E-state index contributed by atoms with van der Waals surface area (Å²) in [4.78, 5) is 4.26. The van der Waals surface area contributed by atoms with Crippen LogP contribution in [0.4, 0.5) is 0 Å². The maximum Gasteiger partial charge on any atom is 0.212 e. The number of nitrogens with zero attached hydrogens (tertiary/aromatic N) is 2. The van der Waals surface area contributed by atoms with Gasteiger partial charge in [0.15, 0.2) is 6.20 Å². The Morgan fingerprint density at radius 3 is 2.68 bits per heavy atom. The molecule has 0 fully saturated rings. The van der Waals surface area contributed by atoms with E-state index in [-0.39, 0.29) is 0 Å². The van der Waals surface area contributed by atoms with E-state index in [1.807, 2.05) is 13.1 Å². The van der Waals surface area contributed by atoms with Gasteiger partial charge in [-0.3, -0.25) is 4.98 Å². The fourth-order valence-electron chi connectivity index (χ4n) is 2.46. The van der Waals surface area contributed by atoms with Gasteiger partial charge in [-0.2, -0.15) is 4.57 Å². The Hall–Kier alpha value is -2.22. The molecule has 2 heterocycles. The van der Waals surface area contributed by atoms with Crippen molar-refractivity contribution in [3.8, 4) is 11.1 Å². The number of fused-ring (bicyclic) bond motifs is 1. The fourth-order valence-corrected chi connectivity index (χ4v) is 2.46. The highest BCUT2D eigenvalue weighted by Crippen LogP contribution is 2.21. The highest BCUT2D eigenvalue weighted by Gasteiger charge is 2.10. The highest BCUT2D eigenvalue weighted by molar-refractivity contribution is 5.80. The van der Waals surface area contributed by atoms with E-state index in [9.17, 15) is 0 Å². The summed E-state index contributed by atoms with van der Waals surface area (Å²) in [6.45, 7) is 5.17. The average molecular weight is 249 g/mol. The Balaban J connectivity index is 2.25. The molecule has 0 bridgehead atoms. The smallest absolute Gasteiger partial charge is 0.212 e. The molecule has 2 aromatic heterocycles. The van der Waals surface area contributed by atoms with Crippen LogP contribution in [0, 0.1) is 6.92 Å². The van der Waals surface area contributed by atoms with Crippen LogP contribution in [-0.2, 0) is 6.54 Å². The second-order valence-electron chi connectivity index (χ2n) is 4.76. The van der Waals surface area contributed by atoms with Gasteiger partial charge in [0.2, 0.25) is 5.52 Å². The van der Waals surface area contributed by atoms with Crippen LogP contribution < -0.4 is 4.57 Å². The van der Waals surface area contributed by atoms with Crippen molar-refractivity contribution >= 4 is 10.9 Å². The maximum atomic E-state index is 4.26. The normalized spacial score (nSPS) is 10.8. The Labute approximate surface area is 113 Å². The molecule has 0 aliphatic carbocycles. The second-order valence-corrected chi connectivity index (χ2v) is 4.76. The summed E-state index contributed by atoms with van der Waals surface area (Å²) in [5.41, 5.74) is 4.79. The van der Waals surface area contributed by atoms with Crippen LogP contribution in [0.25, 0.3) is 22.0 Å². The molecule has 2 heteroatoms. The third kappa shape index (κ3) is 2.22. The molecule has 0 N–H and O–H groups in total. The van der Waals surface area contributed by atoms with Crippen molar-refractivity contribution in [1.29, 1.82) is 0 Å². The molecule has 0 unspecified atom stereocenters. The molecule has 0 saturated heterocycles. The minimum absolute atomic E-state index is 0.971. The maximum absolute atomic E-state index is 4.26. The van der Waals surface area contributed by atoms with Gasteiger partial charge in [-0.05, 0) is 43.7 Å². The lowest BCUT2D eigenvalue weighted by molar-refractivity contribution is -0.667. The molecule has 0 spiro atoms. The van der Waals surface area contributed by atoms with Crippen LogP contribution in [0.1, 0.15) is 12.6 Å². The molecule has 94 valence electrons. The molecular weight excluding hydrogens is 232 g/mol. The first-order chi connectivity index (χ1) is 9.28. The van der Waals surface area contributed by atoms with E-state index >= 15 is 0 Å². The first kappa shape index (κ1) is 11.8. The summed E-state index contributed by atoms with van der Waals surface area (Å²) in [7, 11) is 0. The lowest BCUT2D eigenvalue weighted by Gasteiger charge is -2.05.